The highest BCUT2D eigenvalue weighted by Gasteiger charge is 2.03. The van der Waals surface area contributed by atoms with E-state index in [0.717, 1.165) is 26.2 Å². The molecule has 0 radical (unpaired) electrons. The minimum atomic E-state index is 0.914. The normalized spacial score (nSPS) is 11.4. The number of hydrogen-bond donors (Lipinski definition) is 1. The molecule has 0 aliphatic rings. The van der Waals surface area contributed by atoms with Gasteiger partial charge in [-0.3, -0.25) is 0 Å². The molecule has 0 aromatic carbocycles. The van der Waals surface area contributed by atoms with Gasteiger partial charge in [0.15, 0.2) is 0 Å². The molecule has 17 heavy (non-hydrogen) atoms. The quantitative estimate of drug-likeness (QED) is 0.415. The van der Waals surface area contributed by atoms with Gasteiger partial charge in [-0.25, -0.2) is 0 Å². The van der Waals surface area contributed by atoms with Crippen LogP contribution in [0.4, 0.5) is 0 Å². The van der Waals surface area contributed by atoms with Crippen molar-refractivity contribution in [2.75, 3.05) is 52.4 Å². The van der Waals surface area contributed by atoms with Gasteiger partial charge in [0, 0.05) is 19.6 Å². The van der Waals surface area contributed by atoms with Crippen LogP contribution in [0, 0.1) is 0 Å². The van der Waals surface area contributed by atoms with E-state index >= 15 is 0 Å². The average Bonchev–Trinajstić information content (AvgIpc) is 2.37. The summed E-state index contributed by atoms with van der Waals surface area (Å²) in [6.07, 6.45) is 3.19. The summed E-state index contributed by atoms with van der Waals surface area (Å²) in [5.74, 6) is 0. The zero-order valence-electron chi connectivity index (χ0n) is 12.0. The summed E-state index contributed by atoms with van der Waals surface area (Å²) < 4.78 is 0. The Balaban J connectivity index is 3.56. The third kappa shape index (κ3) is 9.33. The third-order valence-electron chi connectivity index (χ3n) is 3.18. The van der Waals surface area contributed by atoms with Crippen LogP contribution in [0.2, 0.25) is 0 Å². The van der Waals surface area contributed by atoms with E-state index in [-0.39, 0.29) is 0 Å². The molecule has 0 unspecified atom stereocenters. The maximum Gasteiger partial charge on any atom is 0.0132 e. The molecule has 102 valence electrons. The zero-order valence-corrected chi connectivity index (χ0v) is 12.0. The monoisotopic (exact) mass is 241 g/mol. The van der Waals surface area contributed by atoms with Gasteiger partial charge in [-0.1, -0.05) is 26.8 Å². The topological polar surface area (TPSA) is 18.5 Å². The van der Waals surface area contributed by atoms with Crippen molar-refractivity contribution in [1.29, 1.82) is 0 Å². The highest BCUT2D eigenvalue weighted by atomic mass is 15.1. The summed E-state index contributed by atoms with van der Waals surface area (Å²) in [5, 5.41) is 3.35. The van der Waals surface area contributed by atoms with Crippen molar-refractivity contribution in [2.24, 2.45) is 0 Å². The van der Waals surface area contributed by atoms with Gasteiger partial charge in [0.1, 0.15) is 0 Å². The highest BCUT2D eigenvalue weighted by molar-refractivity contribution is 4.70. The minimum Gasteiger partial charge on any atom is -0.312 e. The van der Waals surface area contributed by atoms with E-state index in [2.05, 4.69) is 42.5 Å². The number of nitrogens with one attached hydrogen (secondary N) is 1. The van der Waals surface area contributed by atoms with Crippen molar-refractivity contribution in [3.05, 3.63) is 12.7 Å². The Morgan fingerprint density at radius 2 is 1.53 bits per heavy atom. The van der Waals surface area contributed by atoms with E-state index in [1.165, 1.54) is 32.6 Å². The summed E-state index contributed by atoms with van der Waals surface area (Å²) in [7, 11) is 0. The van der Waals surface area contributed by atoms with Gasteiger partial charge in [-0.15, -0.1) is 6.58 Å². The van der Waals surface area contributed by atoms with Gasteiger partial charge in [-0.05, 0) is 39.1 Å². The first-order valence-electron chi connectivity index (χ1n) is 7.04. The number of rotatable bonds is 12. The van der Waals surface area contributed by atoms with Crippen LogP contribution in [-0.4, -0.2) is 62.2 Å². The van der Waals surface area contributed by atoms with Crippen LogP contribution in [0.25, 0.3) is 0 Å². The second-order valence-corrected chi connectivity index (χ2v) is 4.31. The maximum absolute atomic E-state index is 3.70. The first-order chi connectivity index (χ1) is 8.28. The van der Waals surface area contributed by atoms with Crippen molar-refractivity contribution < 1.29 is 0 Å². The summed E-state index contributed by atoms with van der Waals surface area (Å²) in [6.45, 7) is 19.5. The first-order valence-corrected chi connectivity index (χ1v) is 7.04. The molecule has 3 nitrogen and oxygen atoms in total. The molecule has 0 aromatic rings. The number of likely N-dealkylation sites (N-methyl/N-ethyl adjacent to an activating group) is 1. The van der Waals surface area contributed by atoms with E-state index in [9.17, 15) is 0 Å². The second kappa shape index (κ2) is 12.1. The van der Waals surface area contributed by atoms with Gasteiger partial charge in [0.25, 0.3) is 0 Å². The fraction of sp³-hybridized carbons (Fsp3) is 0.857. The molecule has 0 aliphatic carbocycles. The van der Waals surface area contributed by atoms with Crippen LogP contribution in [0.3, 0.4) is 0 Å². The predicted octanol–water partition coefficient (Wildman–Crippen LogP) is 1.82. The molecule has 0 aromatic heterocycles. The SMILES string of the molecule is C=CCNCCN(CC)CCCN(CC)CC. The Hall–Kier alpha value is -0.380. The van der Waals surface area contributed by atoms with E-state index < -0.39 is 0 Å². The standard InChI is InChI=1S/C14H31N3/c1-5-10-15-11-14-17(8-4)13-9-12-16(6-2)7-3/h5,15H,1,6-14H2,2-4H3. The van der Waals surface area contributed by atoms with Crippen molar-refractivity contribution in [2.45, 2.75) is 27.2 Å². The van der Waals surface area contributed by atoms with E-state index in [0.29, 0.717) is 0 Å². The van der Waals surface area contributed by atoms with Crippen LogP contribution in [0.15, 0.2) is 12.7 Å². The predicted molar refractivity (Wildman–Crippen MR) is 77.6 cm³/mol. The van der Waals surface area contributed by atoms with Crippen molar-refractivity contribution >= 4 is 0 Å². The van der Waals surface area contributed by atoms with Crippen LogP contribution in [-0.2, 0) is 0 Å². The lowest BCUT2D eigenvalue weighted by Gasteiger charge is -2.23. The summed E-state index contributed by atoms with van der Waals surface area (Å²) in [4.78, 5) is 5.00. The third-order valence-corrected chi connectivity index (χ3v) is 3.18. The van der Waals surface area contributed by atoms with Gasteiger partial charge >= 0.3 is 0 Å². The second-order valence-electron chi connectivity index (χ2n) is 4.31. The number of nitrogens with zero attached hydrogens (tertiary/aromatic N) is 2. The van der Waals surface area contributed by atoms with E-state index in [1.54, 1.807) is 0 Å². The zero-order chi connectivity index (χ0) is 12.9. The Morgan fingerprint density at radius 3 is 2.06 bits per heavy atom. The molecule has 3 heteroatoms. The maximum atomic E-state index is 3.70. The molecule has 0 saturated carbocycles. The van der Waals surface area contributed by atoms with Crippen LogP contribution in [0.5, 0.6) is 0 Å². The molecule has 0 heterocycles. The van der Waals surface area contributed by atoms with Crippen LogP contribution >= 0.6 is 0 Å². The molecule has 0 amide bonds. The highest BCUT2D eigenvalue weighted by Crippen LogP contribution is 1.95. The molecule has 0 fully saturated rings. The molecule has 0 spiro atoms. The molecule has 0 rings (SSSR count). The van der Waals surface area contributed by atoms with Gasteiger partial charge in [0.2, 0.25) is 0 Å². The Bertz CT molecular complexity index is 167. The van der Waals surface area contributed by atoms with Gasteiger partial charge < -0.3 is 15.1 Å². The molecular formula is C14H31N3. The molecule has 0 atom stereocenters. The van der Waals surface area contributed by atoms with Crippen LogP contribution in [0.1, 0.15) is 27.2 Å². The molecule has 0 aliphatic heterocycles. The Kier molecular flexibility index (Phi) is 11.8. The molecule has 1 N–H and O–H groups in total. The Morgan fingerprint density at radius 1 is 0.941 bits per heavy atom. The number of hydrogen-bond acceptors (Lipinski definition) is 3. The van der Waals surface area contributed by atoms with E-state index in [4.69, 9.17) is 0 Å². The first kappa shape index (κ1) is 16.6. The average molecular weight is 241 g/mol. The molecular weight excluding hydrogens is 210 g/mol. The lowest BCUT2D eigenvalue weighted by Crippen LogP contribution is -2.34. The van der Waals surface area contributed by atoms with Crippen molar-refractivity contribution in [3.8, 4) is 0 Å². The fourth-order valence-electron chi connectivity index (χ4n) is 1.93. The largest absolute Gasteiger partial charge is 0.312 e. The summed E-state index contributed by atoms with van der Waals surface area (Å²) >= 11 is 0. The van der Waals surface area contributed by atoms with Crippen LogP contribution < -0.4 is 5.32 Å². The smallest absolute Gasteiger partial charge is 0.0132 e. The van der Waals surface area contributed by atoms with Crippen molar-refractivity contribution in [3.63, 3.8) is 0 Å². The van der Waals surface area contributed by atoms with Crippen molar-refractivity contribution in [1.82, 2.24) is 15.1 Å². The summed E-state index contributed by atoms with van der Waals surface area (Å²) in [6, 6.07) is 0. The van der Waals surface area contributed by atoms with Gasteiger partial charge in [0.05, 0.1) is 0 Å². The molecule has 0 saturated heterocycles. The lowest BCUT2D eigenvalue weighted by atomic mass is 10.3. The summed E-state index contributed by atoms with van der Waals surface area (Å²) in [5.41, 5.74) is 0. The Labute approximate surface area is 108 Å². The minimum absolute atomic E-state index is 0.914. The van der Waals surface area contributed by atoms with E-state index in [1.807, 2.05) is 6.08 Å². The fourth-order valence-corrected chi connectivity index (χ4v) is 1.93. The molecule has 0 bridgehead atoms. The van der Waals surface area contributed by atoms with Gasteiger partial charge in [-0.2, -0.15) is 0 Å². The lowest BCUT2D eigenvalue weighted by molar-refractivity contribution is 0.244.